The van der Waals surface area contributed by atoms with E-state index >= 15 is 0 Å². The molecule has 1 atom stereocenters. The number of hydrogen-bond acceptors (Lipinski definition) is 7. The van der Waals surface area contributed by atoms with Crippen molar-refractivity contribution in [2.75, 3.05) is 38.6 Å². The summed E-state index contributed by atoms with van der Waals surface area (Å²) in [5.74, 6) is 1.23. The van der Waals surface area contributed by atoms with Crippen LogP contribution < -0.4 is 15.4 Å². The minimum Gasteiger partial charge on any atom is -0.496 e. The number of rotatable bonds is 10. The fraction of sp³-hybridized carbons (Fsp3) is 0.514. The van der Waals surface area contributed by atoms with E-state index in [0.29, 0.717) is 47.7 Å². The average molecular weight is 658 g/mol. The van der Waals surface area contributed by atoms with Crippen molar-refractivity contribution in [3.8, 4) is 17.0 Å². The zero-order chi connectivity index (χ0) is 32.8. The maximum Gasteiger partial charge on any atom is 0.257 e. The second kappa shape index (κ2) is 15.4. The summed E-state index contributed by atoms with van der Waals surface area (Å²) in [6, 6.07) is 14.0. The highest BCUT2D eigenvalue weighted by atomic mass is 32.1. The van der Waals surface area contributed by atoms with E-state index in [1.54, 1.807) is 31.4 Å². The number of piperidine rings is 1. The van der Waals surface area contributed by atoms with E-state index < -0.39 is 0 Å². The number of anilines is 1. The van der Waals surface area contributed by atoms with Crippen molar-refractivity contribution in [3.63, 3.8) is 0 Å². The molecule has 1 aliphatic carbocycles. The first-order valence-corrected chi connectivity index (χ1v) is 18.2. The number of aromatic nitrogens is 1. The van der Waals surface area contributed by atoms with Gasteiger partial charge in [0.25, 0.3) is 11.8 Å². The van der Waals surface area contributed by atoms with Crippen LogP contribution in [0.1, 0.15) is 103 Å². The highest BCUT2D eigenvalue weighted by Gasteiger charge is 2.32. The molecule has 0 radical (unpaired) electrons. The lowest BCUT2D eigenvalue weighted by atomic mass is 9.83. The molecule has 3 aromatic rings. The molecular weight excluding hydrogens is 611 g/mol. The van der Waals surface area contributed by atoms with Gasteiger partial charge in [-0.1, -0.05) is 32.3 Å². The van der Waals surface area contributed by atoms with E-state index in [1.165, 1.54) is 49.0 Å². The molecule has 2 aliphatic heterocycles. The van der Waals surface area contributed by atoms with Crippen LogP contribution in [-0.2, 0) is 4.79 Å². The Morgan fingerprint density at radius 1 is 0.936 bits per heavy atom. The van der Waals surface area contributed by atoms with Crippen molar-refractivity contribution in [1.29, 1.82) is 0 Å². The second-order valence-corrected chi connectivity index (χ2v) is 14.0. The molecule has 0 spiro atoms. The Morgan fingerprint density at radius 3 is 2.40 bits per heavy atom. The maximum absolute atomic E-state index is 13.3. The van der Waals surface area contributed by atoms with E-state index in [0.717, 1.165) is 55.8 Å². The van der Waals surface area contributed by atoms with Gasteiger partial charge in [-0.25, -0.2) is 4.98 Å². The summed E-state index contributed by atoms with van der Waals surface area (Å²) in [5.41, 5.74) is 4.12. The van der Waals surface area contributed by atoms with Gasteiger partial charge in [0, 0.05) is 66.8 Å². The van der Waals surface area contributed by atoms with Crippen LogP contribution in [0.2, 0.25) is 0 Å². The topological polar surface area (TPSA) is 104 Å². The molecule has 3 fully saturated rings. The SMILES string of the molecule is CCCC(=O)N[C@@H]1CCN(C2CCN(C(=O)c3ccc(C(=O)Nc4nc(-c5cc(C6CCCCC6)ccc5OC)cs4)cc3)CC2)C1. The lowest BCUT2D eigenvalue weighted by Gasteiger charge is -2.36. The van der Waals surface area contributed by atoms with Crippen molar-refractivity contribution in [3.05, 3.63) is 64.5 Å². The summed E-state index contributed by atoms with van der Waals surface area (Å²) < 4.78 is 5.66. The molecule has 2 aromatic carbocycles. The van der Waals surface area contributed by atoms with Crippen molar-refractivity contribution in [2.24, 2.45) is 0 Å². The number of benzene rings is 2. The first kappa shape index (κ1) is 33.2. The van der Waals surface area contributed by atoms with Crippen LogP contribution in [0.25, 0.3) is 11.3 Å². The van der Waals surface area contributed by atoms with Crippen LogP contribution in [0, 0.1) is 0 Å². The van der Waals surface area contributed by atoms with E-state index in [2.05, 4.69) is 27.7 Å². The number of amides is 3. The fourth-order valence-electron chi connectivity index (χ4n) is 7.38. The molecule has 10 heteroatoms. The Bertz CT molecular complexity index is 1540. The van der Waals surface area contributed by atoms with Gasteiger partial charge in [0.1, 0.15) is 5.75 Å². The fourth-order valence-corrected chi connectivity index (χ4v) is 8.09. The summed E-state index contributed by atoms with van der Waals surface area (Å²) >= 11 is 1.39. The largest absolute Gasteiger partial charge is 0.496 e. The third kappa shape index (κ3) is 8.04. The van der Waals surface area contributed by atoms with Crippen LogP contribution in [0.4, 0.5) is 5.13 Å². The third-order valence-electron chi connectivity index (χ3n) is 10.0. The molecule has 3 amide bonds. The van der Waals surface area contributed by atoms with Gasteiger partial charge >= 0.3 is 0 Å². The minimum atomic E-state index is -0.261. The molecule has 47 heavy (non-hydrogen) atoms. The minimum absolute atomic E-state index is 0.00416. The van der Waals surface area contributed by atoms with Crippen molar-refractivity contribution in [2.45, 2.75) is 89.1 Å². The molecule has 2 saturated heterocycles. The van der Waals surface area contributed by atoms with Gasteiger partial charge in [0.05, 0.1) is 12.8 Å². The van der Waals surface area contributed by atoms with Crippen LogP contribution in [0.5, 0.6) is 5.75 Å². The predicted molar refractivity (Wildman–Crippen MR) is 186 cm³/mol. The molecule has 2 N–H and O–H groups in total. The van der Waals surface area contributed by atoms with Gasteiger partial charge in [-0.2, -0.15) is 0 Å². The van der Waals surface area contributed by atoms with Crippen molar-refractivity contribution >= 4 is 34.2 Å². The summed E-state index contributed by atoms with van der Waals surface area (Å²) in [6.45, 7) is 5.31. The Balaban J connectivity index is 1.01. The van der Waals surface area contributed by atoms with Crippen molar-refractivity contribution < 1.29 is 19.1 Å². The van der Waals surface area contributed by atoms with Gasteiger partial charge in [-0.3, -0.25) is 24.6 Å². The number of methoxy groups -OCH3 is 1. The van der Waals surface area contributed by atoms with Gasteiger partial charge < -0.3 is 15.0 Å². The van der Waals surface area contributed by atoms with E-state index in [4.69, 9.17) is 9.72 Å². The Hall–Kier alpha value is -3.76. The number of carbonyl (C=O) groups is 3. The number of nitrogens with zero attached hydrogens (tertiary/aromatic N) is 3. The summed E-state index contributed by atoms with van der Waals surface area (Å²) in [4.78, 5) is 47.5. The predicted octanol–water partition coefficient (Wildman–Crippen LogP) is 6.71. The number of carbonyl (C=O) groups excluding carboxylic acids is 3. The first-order valence-electron chi connectivity index (χ1n) is 17.3. The van der Waals surface area contributed by atoms with E-state index in [9.17, 15) is 14.4 Å². The van der Waals surface area contributed by atoms with Crippen molar-refractivity contribution in [1.82, 2.24) is 20.1 Å². The molecule has 3 heterocycles. The molecule has 0 bridgehead atoms. The van der Waals surface area contributed by atoms with Crippen LogP contribution in [0.15, 0.2) is 47.8 Å². The molecule has 6 rings (SSSR count). The zero-order valence-electron chi connectivity index (χ0n) is 27.6. The van der Waals surface area contributed by atoms with Gasteiger partial charge in [0.2, 0.25) is 5.91 Å². The Kier molecular flexibility index (Phi) is 10.9. The Labute approximate surface area is 282 Å². The molecule has 9 nitrogen and oxygen atoms in total. The molecule has 0 unspecified atom stereocenters. The zero-order valence-corrected chi connectivity index (χ0v) is 28.4. The molecule has 1 saturated carbocycles. The van der Waals surface area contributed by atoms with Crippen LogP contribution in [0.3, 0.4) is 0 Å². The second-order valence-electron chi connectivity index (χ2n) is 13.2. The average Bonchev–Trinajstić information content (AvgIpc) is 3.78. The van der Waals surface area contributed by atoms with Gasteiger partial charge in [-0.15, -0.1) is 11.3 Å². The lowest BCUT2D eigenvalue weighted by Crippen LogP contribution is -2.47. The Morgan fingerprint density at radius 2 is 1.68 bits per heavy atom. The quantitative estimate of drug-likeness (QED) is 0.251. The summed E-state index contributed by atoms with van der Waals surface area (Å²) in [6.07, 6.45) is 10.6. The highest BCUT2D eigenvalue weighted by molar-refractivity contribution is 7.14. The van der Waals surface area contributed by atoms with Gasteiger partial charge in [-0.05, 0) is 86.4 Å². The standard InChI is InChI=1S/C37H47N5O4S/c1-3-7-34(43)38-29-16-19-42(23-29)30-17-20-41(21-18-30)36(45)27-12-10-26(11-13-27)35(44)40-37-39-32(24-47-37)31-22-28(14-15-33(31)46-2)25-8-5-4-6-9-25/h10-15,22,24-25,29-30H,3-9,16-21,23H2,1-2H3,(H,38,43)(H,39,40,44)/t29-/m1/s1. The van der Waals surface area contributed by atoms with E-state index in [1.807, 2.05) is 23.3 Å². The third-order valence-corrected chi connectivity index (χ3v) is 10.8. The monoisotopic (exact) mass is 657 g/mol. The van der Waals surface area contributed by atoms with Crippen LogP contribution in [-0.4, -0.2) is 77.9 Å². The summed E-state index contributed by atoms with van der Waals surface area (Å²) in [7, 11) is 1.67. The number of hydrogen-bond donors (Lipinski definition) is 2. The number of nitrogens with one attached hydrogen (secondary N) is 2. The molecule has 1 aromatic heterocycles. The maximum atomic E-state index is 13.3. The number of ether oxygens (including phenoxy) is 1. The lowest BCUT2D eigenvalue weighted by molar-refractivity contribution is -0.121. The van der Waals surface area contributed by atoms with Crippen LogP contribution >= 0.6 is 11.3 Å². The molecule has 250 valence electrons. The highest BCUT2D eigenvalue weighted by Crippen LogP contribution is 2.39. The van der Waals surface area contributed by atoms with Gasteiger partial charge in [0.15, 0.2) is 5.13 Å². The summed E-state index contributed by atoms with van der Waals surface area (Å²) in [5, 5.41) is 8.57. The smallest absolute Gasteiger partial charge is 0.257 e. The number of likely N-dealkylation sites (tertiary alicyclic amines) is 2. The normalized spacial score (nSPS) is 19.4. The molecule has 3 aliphatic rings. The first-order chi connectivity index (χ1) is 22.9. The molecular formula is C37H47N5O4S. The number of thiazole rings is 1. The van der Waals surface area contributed by atoms with E-state index in [-0.39, 0.29) is 23.8 Å².